The van der Waals surface area contributed by atoms with Crippen LogP contribution in [0.3, 0.4) is 0 Å². The van der Waals surface area contributed by atoms with Crippen molar-refractivity contribution in [2.45, 2.75) is 25.4 Å². The quantitative estimate of drug-likeness (QED) is 0.709. The molecular formula is C19H18ClN5O2. The van der Waals surface area contributed by atoms with Crippen molar-refractivity contribution >= 4 is 17.5 Å². The molecule has 8 heteroatoms. The molecule has 27 heavy (non-hydrogen) atoms. The minimum Gasteiger partial charge on any atom is -0.350 e. The summed E-state index contributed by atoms with van der Waals surface area (Å²) in [5.74, 6) is 0.386. The highest BCUT2D eigenvalue weighted by atomic mass is 35.5. The lowest BCUT2D eigenvalue weighted by molar-refractivity contribution is 0.0951. The van der Waals surface area contributed by atoms with Crippen molar-refractivity contribution in [3.05, 3.63) is 69.9 Å². The molecule has 0 atom stereocenters. The second-order valence-corrected chi connectivity index (χ2v) is 6.87. The Labute approximate surface area is 160 Å². The number of nitrogens with one attached hydrogen (secondary N) is 1. The van der Waals surface area contributed by atoms with E-state index in [2.05, 4.69) is 15.4 Å². The van der Waals surface area contributed by atoms with Gasteiger partial charge in [-0.25, -0.2) is 9.48 Å². The summed E-state index contributed by atoms with van der Waals surface area (Å²) in [6.07, 6.45) is 5.34. The second kappa shape index (κ2) is 7.36. The molecule has 1 aromatic carbocycles. The molecule has 1 amide bonds. The van der Waals surface area contributed by atoms with Crippen LogP contribution in [-0.4, -0.2) is 31.8 Å². The first-order valence-electron chi connectivity index (χ1n) is 8.77. The molecule has 1 fully saturated rings. The fraction of sp³-hybridized carbons (Fsp3) is 0.263. The van der Waals surface area contributed by atoms with Gasteiger partial charge in [0, 0.05) is 41.1 Å². The van der Waals surface area contributed by atoms with Gasteiger partial charge in [-0.2, -0.15) is 0 Å². The van der Waals surface area contributed by atoms with Crippen LogP contribution in [0, 0.1) is 0 Å². The Bertz CT molecular complexity index is 1020. The van der Waals surface area contributed by atoms with Gasteiger partial charge in [-0.05, 0) is 43.2 Å². The van der Waals surface area contributed by atoms with Gasteiger partial charge in [-0.1, -0.05) is 17.7 Å². The molecule has 1 aliphatic carbocycles. The summed E-state index contributed by atoms with van der Waals surface area (Å²) in [5, 5.41) is 7.78. The van der Waals surface area contributed by atoms with Gasteiger partial charge in [0.05, 0.1) is 6.54 Å². The molecule has 7 nitrogen and oxygen atoms in total. The molecule has 4 rings (SSSR count). The van der Waals surface area contributed by atoms with Crippen LogP contribution in [0.4, 0.5) is 0 Å². The Kier molecular flexibility index (Phi) is 4.77. The van der Waals surface area contributed by atoms with Crippen molar-refractivity contribution in [2.75, 3.05) is 6.54 Å². The Morgan fingerprint density at radius 2 is 2.11 bits per heavy atom. The summed E-state index contributed by atoms with van der Waals surface area (Å²) in [6, 6.07) is 10.6. The van der Waals surface area contributed by atoms with E-state index < -0.39 is 0 Å². The molecule has 2 heterocycles. The van der Waals surface area contributed by atoms with E-state index in [4.69, 9.17) is 11.6 Å². The summed E-state index contributed by atoms with van der Waals surface area (Å²) < 4.78 is 3.13. The van der Waals surface area contributed by atoms with Crippen LogP contribution < -0.4 is 11.0 Å². The van der Waals surface area contributed by atoms with Gasteiger partial charge in [-0.3, -0.25) is 14.3 Å². The van der Waals surface area contributed by atoms with Gasteiger partial charge >= 0.3 is 5.69 Å². The Morgan fingerprint density at radius 1 is 1.26 bits per heavy atom. The predicted octanol–water partition coefficient (Wildman–Crippen LogP) is 2.53. The second-order valence-electron chi connectivity index (χ2n) is 6.44. The minimum absolute atomic E-state index is 0.159. The monoisotopic (exact) mass is 383 g/mol. The highest BCUT2D eigenvalue weighted by Gasteiger charge is 2.30. The summed E-state index contributed by atoms with van der Waals surface area (Å²) in [7, 11) is 0. The fourth-order valence-electron chi connectivity index (χ4n) is 2.93. The van der Waals surface area contributed by atoms with Crippen LogP contribution in [0.25, 0.3) is 11.4 Å². The lowest BCUT2D eigenvalue weighted by Crippen LogP contribution is -2.32. The lowest BCUT2D eigenvalue weighted by Gasteiger charge is -2.05. The van der Waals surface area contributed by atoms with Gasteiger partial charge in [0.1, 0.15) is 0 Å². The van der Waals surface area contributed by atoms with E-state index in [1.54, 1.807) is 41.2 Å². The maximum atomic E-state index is 12.7. The van der Waals surface area contributed by atoms with Crippen molar-refractivity contribution in [1.29, 1.82) is 0 Å². The number of carbonyl (C=O) groups excluding carboxylic acids is 1. The number of benzene rings is 1. The number of carbonyl (C=O) groups is 1. The number of rotatable bonds is 6. The molecule has 2 aromatic heterocycles. The van der Waals surface area contributed by atoms with Gasteiger partial charge in [0.15, 0.2) is 5.82 Å². The molecule has 138 valence electrons. The van der Waals surface area contributed by atoms with Crippen LogP contribution >= 0.6 is 11.6 Å². The van der Waals surface area contributed by atoms with Crippen molar-refractivity contribution in [1.82, 2.24) is 24.6 Å². The van der Waals surface area contributed by atoms with Gasteiger partial charge in [0.25, 0.3) is 5.91 Å². The van der Waals surface area contributed by atoms with Gasteiger partial charge < -0.3 is 5.32 Å². The molecular weight excluding hydrogens is 366 g/mol. The molecule has 3 aromatic rings. The van der Waals surface area contributed by atoms with Crippen molar-refractivity contribution < 1.29 is 4.79 Å². The average Bonchev–Trinajstić information content (AvgIpc) is 3.46. The van der Waals surface area contributed by atoms with E-state index in [9.17, 15) is 9.59 Å². The standard InChI is InChI=1S/C19H18ClN5O2/c20-15-5-1-3-13(11-15)18(26)22-9-10-24-19(27)25(16-6-7-16)17(23-24)14-4-2-8-21-12-14/h1-5,8,11-12,16H,6-7,9-10H2,(H,22,26). The van der Waals surface area contributed by atoms with Crippen LogP contribution in [0.5, 0.6) is 0 Å². The first kappa shape index (κ1) is 17.5. The Balaban J connectivity index is 1.50. The maximum Gasteiger partial charge on any atom is 0.346 e. The van der Waals surface area contributed by atoms with Crippen LogP contribution in [0.2, 0.25) is 5.02 Å². The van der Waals surface area contributed by atoms with Crippen molar-refractivity contribution in [3.8, 4) is 11.4 Å². The Hall–Kier alpha value is -2.93. The van der Waals surface area contributed by atoms with E-state index in [-0.39, 0.29) is 24.2 Å². The molecule has 0 bridgehead atoms. The van der Waals surface area contributed by atoms with Crippen molar-refractivity contribution in [3.63, 3.8) is 0 Å². The molecule has 0 spiro atoms. The lowest BCUT2D eigenvalue weighted by atomic mass is 10.2. The molecule has 1 saturated carbocycles. The van der Waals surface area contributed by atoms with E-state index in [1.807, 2.05) is 12.1 Å². The molecule has 0 saturated heterocycles. The zero-order valence-corrected chi connectivity index (χ0v) is 15.3. The maximum absolute atomic E-state index is 12.7. The predicted molar refractivity (Wildman–Crippen MR) is 102 cm³/mol. The summed E-state index contributed by atoms with van der Waals surface area (Å²) in [5.41, 5.74) is 1.13. The highest BCUT2D eigenvalue weighted by molar-refractivity contribution is 6.30. The zero-order valence-electron chi connectivity index (χ0n) is 14.5. The largest absolute Gasteiger partial charge is 0.350 e. The van der Waals surface area contributed by atoms with Gasteiger partial charge in [-0.15, -0.1) is 5.10 Å². The number of amides is 1. The van der Waals surface area contributed by atoms with E-state index in [1.165, 1.54) is 4.68 Å². The number of halogens is 1. The first-order valence-corrected chi connectivity index (χ1v) is 9.15. The number of pyridine rings is 1. The first-order chi connectivity index (χ1) is 13.1. The van der Waals surface area contributed by atoms with E-state index in [0.29, 0.717) is 23.0 Å². The summed E-state index contributed by atoms with van der Waals surface area (Å²) >= 11 is 5.91. The highest BCUT2D eigenvalue weighted by Crippen LogP contribution is 2.36. The van der Waals surface area contributed by atoms with Crippen molar-refractivity contribution in [2.24, 2.45) is 0 Å². The molecule has 0 aliphatic heterocycles. The third kappa shape index (κ3) is 3.78. The third-order valence-corrected chi connectivity index (χ3v) is 4.63. The number of hydrogen-bond acceptors (Lipinski definition) is 4. The van der Waals surface area contributed by atoms with Crippen LogP contribution in [0.15, 0.2) is 53.6 Å². The van der Waals surface area contributed by atoms with Gasteiger partial charge in [0.2, 0.25) is 0 Å². The van der Waals surface area contributed by atoms with Crippen LogP contribution in [-0.2, 0) is 6.54 Å². The smallest absolute Gasteiger partial charge is 0.346 e. The minimum atomic E-state index is -0.236. The molecule has 0 unspecified atom stereocenters. The van der Waals surface area contributed by atoms with E-state index in [0.717, 1.165) is 18.4 Å². The van der Waals surface area contributed by atoms with E-state index >= 15 is 0 Å². The summed E-state index contributed by atoms with van der Waals surface area (Å²) in [4.78, 5) is 29.1. The zero-order chi connectivity index (χ0) is 18.8. The average molecular weight is 384 g/mol. The third-order valence-electron chi connectivity index (χ3n) is 4.40. The number of aromatic nitrogens is 4. The topological polar surface area (TPSA) is 81.8 Å². The fourth-order valence-corrected chi connectivity index (χ4v) is 3.12. The Morgan fingerprint density at radius 3 is 2.81 bits per heavy atom. The molecule has 1 aliphatic rings. The molecule has 0 radical (unpaired) electrons. The molecule has 1 N–H and O–H groups in total. The normalized spacial score (nSPS) is 13.5. The summed E-state index contributed by atoms with van der Waals surface area (Å²) in [6.45, 7) is 0.581. The number of nitrogens with zero attached hydrogens (tertiary/aromatic N) is 4. The number of hydrogen-bond donors (Lipinski definition) is 1. The van der Waals surface area contributed by atoms with Crippen LogP contribution in [0.1, 0.15) is 29.2 Å². The SMILES string of the molecule is O=C(NCCn1nc(-c2cccnc2)n(C2CC2)c1=O)c1cccc(Cl)c1.